The fourth-order valence-electron chi connectivity index (χ4n) is 1.13. The molecule has 84 valence electrons. The van der Waals surface area contributed by atoms with Gasteiger partial charge in [0.25, 0.3) is 0 Å². The molecule has 0 spiro atoms. The molecule has 0 unspecified atom stereocenters. The normalized spacial score (nSPS) is 10.0. The predicted molar refractivity (Wildman–Crippen MR) is 52.8 cm³/mol. The summed E-state index contributed by atoms with van der Waals surface area (Å²) in [6.45, 7) is -1.91. The van der Waals surface area contributed by atoms with E-state index in [2.05, 4.69) is 4.74 Å². The molecule has 0 aliphatic rings. The first kappa shape index (κ1) is 12.4. The SMILES string of the molecule is CC(=O)c1cc(C#N)cc(Cl)c1OC(F)F. The average Bonchev–Trinajstić information content (AvgIpc) is 2.19. The minimum absolute atomic E-state index is 0.108. The lowest BCUT2D eigenvalue weighted by Crippen LogP contribution is -2.07. The maximum atomic E-state index is 12.1. The van der Waals surface area contributed by atoms with Crippen molar-refractivity contribution in [3.63, 3.8) is 0 Å². The van der Waals surface area contributed by atoms with Gasteiger partial charge in [-0.15, -0.1) is 0 Å². The number of alkyl halides is 2. The molecule has 0 aromatic heterocycles. The Hall–Kier alpha value is -1.67. The van der Waals surface area contributed by atoms with Crippen LogP contribution < -0.4 is 4.74 Å². The molecule has 1 aromatic rings. The van der Waals surface area contributed by atoms with E-state index >= 15 is 0 Å². The van der Waals surface area contributed by atoms with Crippen LogP contribution >= 0.6 is 11.6 Å². The Labute approximate surface area is 95.2 Å². The lowest BCUT2D eigenvalue weighted by Gasteiger charge is -2.10. The summed E-state index contributed by atoms with van der Waals surface area (Å²) in [5.41, 5.74) is -0.0267. The van der Waals surface area contributed by atoms with Crippen molar-refractivity contribution in [2.24, 2.45) is 0 Å². The molecular formula is C10H6ClF2NO2. The fraction of sp³-hybridized carbons (Fsp3) is 0.200. The highest BCUT2D eigenvalue weighted by molar-refractivity contribution is 6.32. The molecule has 0 heterocycles. The van der Waals surface area contributed by atoms with Gasteiger partial charge < -0.3 is 4.74 Å². The summed E-state index contributed by atoms with van der Waals surface area (Å²) in [4.78, 5) is 11.2. The highest BCUT2D eigenvalue weighted by Crippen LogP contribution is 2.31. The van der Waals surface area contributed by atoms with Gasteiger partial charge in [-0.1, -0.05) is 11.6 Å². The van der Waals surface area contributed by atoms with Crippen molar-refractivity contribution >= 4 is 17.4 Å². The summed E-state index contributed by atoms with van der Waals surface area (Å²) < 4.78 is 28.3. The summed E-state index contributed by atoms with van der Waals surface area (Å²) >= 11 is 5.64. The molecule has 0 fully saturated rings. The molecule has 0 radical (unpaired) electrons. The van der Waals surface area contributed by atoms with Crippen molar-refractivity contribution in [2.75, 3.05) is 0 Å². The maximum absolute atomic E-state index is 12.1. The number of benzene rings is 1. The van der Waals surface area contributed by atoms with E-state index in [4.69, 9.17) is 16.9 Å². The third kappa shape index (κ3) is 2.67. The number of halogens is 3. The second kappa shape index (κ2) is 4.90. The Kier molecular flexibility index (Phi) is 3.80. The highest BCUT2D eigenvalue weighted by atomic mass is 35.5. The van der Waals surface area contributed by atoms with Gasteiger partial charge in [-0.05, 0) is 19.1 Å². The van der Waals surface area contributed by atoms with Crippen molar-refractivity contribution in [3.05, 3.63) is 28.3 Å². The molecule has 3 nitrogen and oxygen atoms in total. The van der Waals surface area contributed by atoms with Crippen molar-refractivity contribution in [3.8, 4) is 11.8 Å². The van der Waals surface area contributed by atoms with E-state index in [0.717, 1.165) is 12.1 Å². The monoisotopic (exact) mass is 245 g/mol. The summed E-state index contributed by atoms with van der Waals surface area (Å²) in [6.07, 6.45) is 0. The van der Waals surface area contributed by atoms with E-state index in [1.54, 1.807) is 6.07 Å². The molecule has 0 saturated heterocycles. The fourth-order valence-corrected chi connectivity index (χ4v) is 1.39. The van der Waals surface area contributed by atoms with E-state index in [0.29, 0.717) is 0 Å². The average molecular weight is 246 g/mol. The van der Waals surface area contributed by atoms with Crippen LogP contribution in [0.2, 0.25) is 5.02 Å². The Morgan fingerprint density at radius 2 is 2.19 bits per heavy atom. The molecule has 1 rings (SSSR count). The largest absolute Gasteiger partial charge is 0.432 e. The number of hydrogen-bond acceptors (Lipinski definition) is 3. The van der Waals surface area contributed by atoms with Gasteiger partial charge in [0, 0.05) is 0 Å². The van der Waals surface area contributed by atoms with Crippen molar-refractivity contribution < 1.29 is 18.3 Å². The lowest BCUT2D eigenvalue weighted by molar-refractivity contribution is -0.0500. The van der Waals surface area contributed by atoms with Gasteiger partial charge in [-0.25, -0.2) is 0 Å². The number of carbonyl (C=O) groups excluding carboxylic acids is 1. The van der Waals surface area contributed by atoms with Crippen molar-refractivity contribution in [1.29, 1.82) is 5.26 Å². The van der Waals surface area contributed by atoms with Crippen LogP contribution in [0, 0.1) is 11.3 Å². The number of Topliss-reactive ketones (excluding diaryl/α,β-unsaturated/α-hetero) is 1. The van der Waals surface area contributed by atoms with E-state index in [1.165, 1.54) is 6.92 Å². The topological polar surface area (TPSA) is 50.1 Å². The second-order valence-corrected chi connectivity index (χ2v) is 3.29. The number of carbonyl (C=O) groups is 1. The quantitative estimate of drug-likeness (QED) is 0.769. The number of ether oxygens (including phenoxy) is 1. The van der Waals surface area contributed by atoms with E-state index in [9.17, 15) is 13.6 Å². The Bertz CT molecular complexity index is 469. The van der Waals surface area contributed by atoms with Crippen LogP contribution in [-0.4, -0.2) is 12.4 Å². The van der Waals surface area contributed by atoms with Crippen LogP contribution in [0.4, 0.5) is 8.78 Å². The van der Waals surface area contributed by atoms with Gasteiger partial charge >= 0.3 is 6.61 Å². The molecule has 6 heteroatoms. The van der Waals surface area contributed by atoms with E-state index in [-0.39, 0.29) is 16.1 Å². The van der Waals surface area contributed by atoms with Crippen LogP contribution in [-0.2, 0) is 0 Å². The van der Waals surface area contributed by atoms with Gasteiger partial charge in [0.1, 0.15) is 0 Å². The third-order valence-corrected chi connectivity index (χ3v) is 2.04. The van der Waals surface area contributed by atoms with Crippen molar-refractivity contribution in [1.82, 2.24) is 0 Å². The number of nitriles is 1. The van der Waals surface area contributed by atoms with Crippen LogP contribution in [0.3, 0.4) is 0 Å². The number of ketones is 1. The molecule has 0 aliphatic carbocycles. The first-order valence-corrected chi connectivity index (χ1v) is 4.53. The molecule has 1 aromatic carbocycles. The van der Waals surface area contributed by atoms with Gasteiger partial charge in [0.15, 0.2) is 11.5 Å². The minimum atomic E-state index is -3.08. The maximum Gasteiger partial charge on any atom is 0.387 e. The van der Waals surface area contributed by atoms with Crippen LogP contribution in [0.15, 0.2) is 12.1 Å². The van der Waals surface area contributed by atoms with E-state index in [1.807, 2.05) is 0 Å². The summed E-state index contributed by atoms with van der Waals surface area (Å²) in [5, 5.41) is 8.44. The van der Waals surface area contributed by atoms with E-state index < -0.39 is 18.1 Å². The lowest BCUT2D eigenvalue weighted by atomic mass is 10.1. The Balaban J connectivity index is 3.35. The highest BCUT2D eigenvalue weighted by Gasteiger charge is 2.18. The molecule has 0 atom stereocenters. The van der Waals surface area contributed by atoms with Crippen LogP contribution in [0.25, 0.3) is 0 Å². The smallest absolute Gasteiger partial charge is 0.387 e. The first-order valence-electron chi connectivity index (χ1n) is 4.15. The molecule has 0 N–H and O–H groups in total. The number of nitrogens with zero attached hydrogens (tertiary/aromatic N) is 1. The van der Waals surface area contributed by atoms with Gasteiger partial charge in [-0.2, -0.15) is 14.0 Å². The standard InChI is InChI=1S/C10H6ClF2NO2/c1-5(15)7-2-6(4-14)3-8(11)9(7)16-10(12)13/h2-3,10H,1H3. The Morgan fingerprint density at radius 1 is 1.56 bits per heavy atom. The van der Waals surface area contributed by atoms with Crippen LogP contribution in [0.5, 0.6) is 5.75 Å². The minimum Gasteiger partial charge on any atom is -0.432 e. The van der Waals surface area contributed by atoms with Gasteiger partial charge in [-0.3, -0.25) is 4.79 Å². The molecule has 0 aliphatic heterocycles. The van der Waals surface area contributed by atoms with Crippen LogP contribution in [0.1, 0.15) is 22.8 Å². The molecular weight excluding hydrogens is 240 g/mol. The molecule has 0 amide bonds. The zero-order chi connectivity index (χ0) is 12.3. The number of hydrogen-bond donors (Lipinski definition) is 0. The summed E-state index contributed by atoms with van der Waals surface area (Å²) in [5.74, 6) is -0.905. The summed E-state index contributed by atoms with van der Waals surface area (Å²) in [7, 11) is 0. The first-order chi connectivity index (χ1) is 7.45. The summed E-state index contributed by atoms with van der Waals surface area (Å²) in [6, 6.07) is 4.08. The van der Waals surface area contributed by atoms with Crippen molar-refractivity contribution in [2.45, 2.75) is 13.5 Å². The predicted octanol–water partition coefficient (Wildman–Crippen LogP) is 3.02. The molecule has 0 saturated carbocycles. The zero-order valence-corrected chi connectivity index (χ0v) is 8.89. The second-order valence-electron chi connectivity index (χ2n) is 2.88. The van der Waals surface area contributed by atoms with Gasteiger partial charge in [0.05, 0.1) is 22.2 Å². The molecule has 16 heavy (non-hydrogen) atoms. The Morgan fingerprint density at radius 3 is 2.62 bits per heavy atom. The van der Waals surface area contributed by atoms with Gasteiger partial charge in [0.2, 0.25) is 0 Å². The number of rotatable bonds is 3. The molecule has 0 bridgehead atoms. The zero-order valence-electron chi connectivity index (χ0n) is 8.13. The third-order valence-electron chi connectivity index (χ3n) is 1.76.